The largest absolute Gasteiger partial charge is 0.342 e. The quantitative estimate of drug-likeness (QED) is 0.427. The topological polar surface area (TPSA) is 59.0 Å². The highest BCUT2D eigenvalue weighted by Crippen LogP contribution is 2.35. The van der Waals surface area contributed by atoms with Crippen molar-refractivity contribution in [3.05, 3.63) is 89.1 Å². The van der Waals surface area contributed by atoms with Gasteiger partial charge in [-0.25, -0.2) is 9.97 Å². The molecule has 3 aromatic heterocycles. The van der Waals surface area contributed by atoms with Crippen molar-refractivity contribution in [3.63, 3.8) is 0 Å². The van der Waals surface area contributed by atoms with E-state index in [1.165, 1.54) is 0 Å². The van der Waals surface area contributed by atoms with Crippen LogP contribution in [-0.2, 0) is 11.2 Å². The number of aromatic nitrogens is 3. The Hall–Kier alpha value is -3.38. The number of likely N-dealkylation sites (tertiary alicyclic amines) is 1. The molecule has 32 heavy (non-hydrogen) atoms. The van der Waals surface area contributed by atoms with E-state index in [1.807, 2.05) is 71.1 Å². The zero-order chi connectivity index (χ0) is 21.8. The van der Waals surface area contributed by atoms with Gasteiger partial charge in [0, 0.05) is 53.6 Å². The third-order valence-corrected chi connectivity index (χ3v) is 6.86. The Bertz CT molecular complexity index is 1170. The molecule has 1 saturated heterocycles. The summed E-state index contributed by atoms with van der Waals surface area (Å²) < 4.78 is 0. The minimum absolute atomic E-state index is 0.216. The summed E-state index contributed by atoms with van der Waals surface area (Å²) in [5.41, 5.74) is 4.20. The molecule has 1 aromatic carbocycles. The fraction of sp³-hybridized carbons (Fsp3) is 0.231. The van der Waals surface area contributed by atoms with Gasteiger partial charge in [-0.2, -0.15) is 0 Å². The molecule has 0 aliphatic carbocycles. The summed E-state index contributed by atoms with van der Waals surface area (Å²) in [6.45, 7) is 1.52. The minimum Gasteiger partial charge on any atom is -0.342 e. The average molecular weight is 441 g/mol. The molecule has 6 heteroatoms. The van der Waals surface area contributed by atoms with E-state index in [-0.39, 0.29) is 11.8 Å². The molecular formula is C26H24N4OS. The SMILES string of the molecule is O=C(Cc1cccs1)N1CCC(c2nc(-c3ccccc3)ncc2-c2ccncc2)CC1. The Morgan fingerprint density at radius 1 is 0.969 bits per heavy atom. The summed E-state index contributed by atoms with van der Waals surface area (Å²) >= 11 is 1.64. The van der Waals surface area contributed by atoms with Crippen molar-refractivity contribution in [2.75, 3.05) is 13.1 Å². The first-order valence-corrected chi connectivity index (χ1v) is 11.8. The molecule has 160 valence electrons. The maximum absolute atomic E-state index is 12.7. The van der Waals surface area contributed by atoms with E-state index in [2.05, 4.69) is 9.97 Å². The van der Waals surface area contributed by atoms with Crippen LogP contribution in [-0.4, -0.2) is 38.8 Å². The molecule has 0 spiro atoms. The van der Waals surface area contributed by atoms with Gasteiger partial charge in [0.2, 0.25) is 5.91 Å². The highest BCUT2D eigenvalue weighted by molar-refractivity contribution is 7.10. The van der Waals surface area contributed by atoms with Gasteiger partial charge in [0.25, 0.3) is 0 Å². The van der Waals surface area contributed by atoms with Crippen molar-refractivity contribution in [3.8, 4) is 22.5 Å². The minimum atomic E-state index is 0.216. The number of piperidine rings is 1. The number of amides is 1. The summed E-state index contributed by atoms with van der Waals surface area (Å²) in [6, 6.07) is 18.1. The Morgan fingerprint density at radius 3 is 2.47 bits per heavy atom. The van der Waals surface area contributed by atoms with Crippen LogP contribution < -0.4 is 0 Å². The van der Waals surface area contributed by atoms with E-state index in [9.17, 15) is 4.79 Å². The van der Waals surface area contributed by atoms with E-state index in [1.54, 1.807) is 23.7 Å². The van der Waals surface area contributed by atoms with Gasteiger partial charge in [-0.05, 0) is 42.0 Å². The third kappa shape index (κ3) is 4.46. The maximum Gasteiger partial charge on any atom is 0.227 e. The number of carbonyl (C=O) groups excluding carboxylic acids is 1. The summed E-state index contributed by atoms with van der Waals surface area (Å²) in [5, 5.41) is 2.02. The smallest absolute Gasteiger partial charge is 0.227 e. The molecule has 5 rings (SSSR count). The lowest BCUT2D eigenvalue weighted by Crippen LogP contribution is -2.39. The standard InChI is InChI=1S/C26H24N4OS/c31-24(17-22-7-4-16-32-22)30-14-10-20(11-15-30)25-23(19-8-12-27-13-9-19)18-28-26(29-25)21-5-2-1-3-6-21/h1-9,12-13,16,18,20H,10-11,14-15,17H2. The molecule has 0 saturated carbocycles. The van der Waals surface area contributed by atoms with Gasteiger partial charge >= 0.3 is 0 Å². The van der Waals surface area contributed by atoms with Crippen LogP contribution in [0.25, 0.3) is 22.5 Å². The molecule has 5 nitrogen and oxygen atoms in total. The lowest BCUT2D eigenvalue weighted by Gasteiger charge is -2.32. The summed E-state index contributed by atoms with van der Waals surface area (Å²) in [7, 11) is 0. The van der Waals surface area contributed by atoms with E-state index in [0.29, 0.717) is 6.42 Å². The molecule has 1 amide bonds. The summed E-state index contributed by atoms with van der Waals surface area (Å²) in [6.07, 6.45) is 7.84. The monoisotopic (exact) mass is 440 g/mol. The Labute approximate surface area is 191 Å². The number of nitrogens with zero attached hydrogens (tertiary/aromatic N) is 4. The molecule has 0 N–H and O–H groups in total. The number of hydrogen-bond acceptors (Lipinski definition) is 5. The second-order valence-electron chi connectivity index (χ2n) is 8.01. The normalized spacial score (nSPS) is 14.4. The van der Waals surface area contributed by atoms with Crippen LogP contribution in [0.5, 0.6) is 0 Å². The maximum atomic E-state index is 12.7. The number of benzene rings is 1. The van der Waals surface area contributed by atoms with Gasteiger partial charge in [0.05, 0.1) is 12.1 Å². The van der Waals surface area contributed by atoms with Crippen LogP contribution in [0.1, 0.15) is 29.3 Å². The van der Waals surface area contributed by atoms with Crippen LogP contribution in [0.15, 0.2) is 78.6 Å². The van der Waals surface area contributed by atoms with Crippen molar-refractivity contribution in [1.82, 2.24) is 19.9 Å². The summed E-state index contributed by atoms with van der Waals surface area (Å²) in [5.74, 6) is 1.25. The van der Waals surface area contributed by atoms with Crippen molar-refractivity contribution in [2.24, 2.45) is 0 Å². The van der Waals surface area contributed by atoms with Crippen molar-refractivity contribution < 1.29 is 4.79 Å². The molecular weight excluding hydrogens is 416 g/mol. The van der Waals surface area contributed by atoms with Crippen molar-refractivity contribution in [1.29, 1.82) is 0 Å². The Kier molecular flexibility index (Phi) is 6.03. The molecule has 4 heterocycles. The van der Waals surface area contributed by atoms with Gasteiger partial charge in [-0.1, -0.05) is 36.4 Å². The molecule has 1 aliphatic heterocycles. The molecule has 0 bridgehead atoms. The van der Waals surface area contributed by atoms with Gasteiger partial charge in [-0.15, -0.1) is 11.3 Å². The fourth-order valence-corrected chi connectivity index (χ4v) is 4.96. The zero-order valence-electron chi connectivity index (χ0n) is 17.7. The predicted molar refractivity (Wildman–Crippen MR) is 127 cm³/mol. The lowest BCUT2D eigenvalue weighted by atomic mass is 9.88. The van der Waals surface area contributed by atoms with Crippen molar-refractivity contribution in [2.45, 2.75) is 25.2 Å². The van der Waals surface area contributed by atoms with E-state index >= 15 is 0 Å². The predicted octanol–water partition coefficient (Wildman–Crippen LogP) is 5.22. The number of rotatable bonds is 5. The van der Waals surface area contributed by atoms with Crippen LogP contribution >= 0.6 is 11.3 Å². The number of hydrogen-bond donors (Lipinski definition) is 0. The molecule has 0 atom stereocenters. The van der Waals surface area contributed by atoms with Gasteiger partial charge in [0.15, 0.2) is 5.82 Å². The second kappa shape index (κ2) is 9.40. The van der Waals surface area contributed by atoms with E-state index < -0.39 is 0 Å². The lowest BCUT2D eigenvalue weighted by molar-refractivity contribution is -0.131. The number of carbonyl (C=O) groups is 1. The van der Waals surface area contributed by atoms with Crippen LogP contribution in [0.2, 0.25) is 0 Å². The first-order valence-electron chi connectivity index (χ1n) is 10.9. The van der Waals surface area contributed by atoms with E-state index in [4.69, 9.17) is 4.98 Å². The van der Waals surface area contributed by atoms with Crippen molar-refractivity contribution >= 4 is 17.2 Å². The molecule has 4 aromatic rings. The molecule has 1 aliphatic rings. The molecule has 0 unspecified atom stereocenters. The van der Waals surface area contributed by atoms with Gasteiger partial charge in [0.1, 0.15) is 0 Å². The highest BCUT2D eigenvalue weighted by atomic mass is 32.1. The first kappa shape index (κ1) is 20.5. The van der Waals surface area contributed by atoms with Crippen LogP contribution in [0.3, 0.4) is 0 Å². The Morgan fingerprint density at radius 2 is 1.75 bits per heavy atom. The second-order valence-corrected chi connectivity index (χ2v) is 9.04. The average Bonchev–Trinajstić information content (AvgIpc) is 3.38. The summed E-state index contributed by atoms with van der Waals surface area (Å²) in [4.78, 5) is 29.7. The number of pyridine rings is 1. The third-order valence-electron chi connectivity index (χ3n) is 5.98. The molecule has 0 radical (unpaired) electrons. The number of thiophene rings is 1. The van der Waals surface area contributed by atoms with Crippen LogP contribution in [0, 0.1) is 0 Å². The Balaban J connectivity index is 1.40. The fourth-order valence-electron chi connectivity index (χ4n) is 4.26. The zero-order valence-corrected chi connectivity index (χ0v) is 18.5. The van der Waals surface area contributed by atoms with E-state index in [0.717, 1.165) is 59.0 Å². The first-order chi connectivity index (χ1) is 15.8. The highest BCUT2D eigenvalue weighted by Gasteiger charge is 2.27. The molecule has 1 fully saturated rings. The van der Waals surface area contributed by atoms with Gasteiger partial charge < -0.3 is 4.90 Å². The van der Waals surface area contributed by atoms with Crippen LogP contribution in [0.4, 0.5) is 0 Å². The van der Waals surface area contributed by atoms with Gasteiger partial charge in [-0.3, -0.25) is 9.78 Å².